The Bertz CT molecular complexity index is 1870. The van der Waals surface area contributed by atoms with Crippen molar-refractivity contribution in [3.63, 3.8) is 0 Å². The fourth-order valence-corrected chi connectivity index (χ4v) is 6.05. The third-order valence-electron chi connectivity index (χ3n) is 7.61. The molecule has 8 heteroatoms. The van der Waals surface area contributed by atoms with Crippen LogP contribution in [0, 0.1) is 13.8 Å². The molecule has 7 nitrogen and oxygen atoms in total. The van der Waals surface area contributed by atoms with Gasteiger partial charge < -0.3 is 19.9 Å². The molecular weight excluding hydrogens is 562 g/mol. The topological polar surface area (TPSA) is 85.1 Å². The van der Waals surface area contributed by atoms with Crippen molar-refractivity contribution in [1.29, 1.82) is 0 Å². The number of hydrogen-bond donors (Lipinski definition) is 2. The van der Waals surface area contributed by atoms with E-state index in [1.807, 2.05) is 76.4 Å². The molecule has 1 aliphatic heterocycles. The van der Waals surface area contributed by atoms with Crippen molar-refractivity contribution in [1.82, 2.24) is 9.61 Å². The number of aryl methyl sites for hydroxylation is 2. The average Bonchev–Trinajstić information content (AvgIpc) is 3.39. The minimum atomic E-state index is -1.24. The Balaban J connectivity index is 1.61. The number of fused-ring (bicyclic) bond motifs is 2. The smallest absolute Gasteiger partial charge is 0.337 e. The Morgan fingerprint density at radius 3 is 2.53 bits per heavy atom. The number of pyridine rings is 1. The minimum Gasteiger partial charge on any atom is -0.490 e. The first-order valence-electron chi connectivity index (χ1n) is 14.3. The van der Waals surface area contributed by atoms with Crippen LogP contribution in [0.5, 0.6) is 5.75 Å². The number of rotatable bonds is 6. The molecule has 0 amide bonds. The Labute approximate surface area is 256 Å². The maximum Gasteiger partial charge on any atom is 0.337 e. The van der Waals surface area contributed by atoms with E-state index in [1.54, 1.807) is 4.52 Å². The largest absolute Gasteiger partial charge is 0.490 e. The van der Waals surface area contributed by atoms with Gasteiger partial charge in [0.15, 0.2) is 6.10 Å². The number of carbonyl (C=O) groups is 1. The molecule has 1 atom stereocenters. The Hall–Kier alpha value is -4.33. The number of anilines is 1. The number of benzene rings is 3. The first-order valence-corrected chi connectivity index (χ1v) is 14.7. The van der Waals surface area contributed by atoms with Crippen LogP contribution in [0.25, 0.3) is 39.0 Å². The molecule has 3 heterocycles. The fourth-order valence-electron chi connectivity index (χ4n) is 5.73. The van der Waals surface area contributed by atoms with Crippen LogP contribution in [-0.4, -0.2) is 39.4 Å². The Morgan fingerprint density at radius 2 is 1.79 bits per heavy atom. The van der Waals surface area contributed by atoms with E-state index in [4.69, 9.17) is 26.2 Å². The predicted molar refractivity (Wildman–Crippen MR) is 171 cm³/mol. The lowest BCUT2D eigenvalue weighted by Crippen LogP contribution is -2.28. The number of carboxylic acids is 1. The van der Waals surface area contributed by atoms with Gasteiger partial charge in [0.2, 0.25) is 0 Å². The van der Waals surface area contributed by atoms with Crippen LogP contribution in [0.15, 0.2) is 72.9 Å². The van der Waals surface area contributed by atoms with E-state index in [1.165, 1.54) is 5.56 Å². The van der Waals surface area contributed by atoms with Crippen molar-refractivity contribution in [2.75, 3.05) is 18.5 Å². The van der Waals surface area contributed by atoms with Crippen molar-refractivity contribution in [2.45, 2.75) is 46.3 Å². The van der Waals surface area contributed by atoms with Crippen LogP contribution < -0.4 is 10.1 Å². The van der Waals surface area contributed by atoms with Crippen LogP contribution in [0.4, 0.5) is 5.69 Å². The van der Waals surface area contributed by atoms with Gasteiger partial charge in [0.05, 0.1) is 27.5 Å². The lowest BCUT2D eigenvalue weighted by atomic mass is 9.91. The van der Waals surface area contributed by atoms with E-state index >= 15 is 0 Å². The molecule has 2 N–H and O–H groups in total. The van der Waals surface area contributed by atoms with Crippen molar-refractivity contribution < 1.29 is 19.4 Å². The minimum absolute atomic E-state index is 0.454. The van der Waals surface area contributed by atoms with Gasteiger partial charge in [-0.1, -0.05) is 54.1 Å². The number of ether oxygens (including phenoxy) is 2. The van der Waals surface area contributed by atoms with E-state index in [0.29, 0.717) is 46.3 Å². The van der Waals surface area contributed by atoms with Crippen molar-refractivity contribution in [2.24, 2.45) is 0 Å². The summed E-state index contributed by atoms with van der Waals surface area (Å²) in [7, 11) is 0. The molecule has 0 saturated carbocycles. The number of nitrogens with one attached hydrogen (secondary N) is 1. The summed E-state index contributed by atoms with van der Waals surface area (Å²) < 4.78 is 13.8. The molecule has 0 radical (unpaired) electrons. The van der Waals surface area contributed by atoms with E-state index in [2.05, 4.69) is 36.5 Å². The monoisotopic (exact) mass is 595 g/mol. The summed E-state index contributed by atoms with van der Waals surface area (Å²) in [5.74, 6) is -0.419. The zero-order valence-corrected chi connectivity index (χ0v) is 25.6. The number of nitrogens with zero attached hydrogens (tertiary/aromatic N) is 2. The Kier molecular flexibility index (Phi) is 7.40. The summed E-state index contributed by atoms with van der Waals surface area (Å²) in [6, 6.07) is 22.3. The van der Waals surface area contributed by atoms with Gasteiger partial charge in [-0.05, 0) is 81.1 Å². The van der Waals surface area contributed by atoms with Crippen LogP contribution in [0.2, 0.25) is 5.02 Å². The summed E-state index contributed by atoms with van der Waals surface area (Å²) >= 11 is 7.07. The number of aromatic nitrogens is 2. The number of carboxylic acid groups (broad SMARTS) is 1. The molecule has 3 aromatic carbocycles. The van der Waals surface area contributed by atoms with Gasteiger partial charge in [0.25, 0.3) is 0 Å². The second kappa shape index (κ2) is 11.1. The zero-order valence-electron chi connectivity index (χ0n) is 24.9. The van der Waals surface area contributed by atoms with Gasteiger partial charge in [0, 0.05) is 35.0 Å². The zero-order chi connectivity index (χ0) is 30.5. The van der Waals surface area contributed by atoms with Crippen molar-refractivity contribution >= 4 is 28.8 Å². The van der Waals surface area contributed by atoms with Crippen LogP contribution in [-0.2, 0) is 9.53 Å². The quantitative estimate of drug-likeness (QED) is 0.205. The fraction of sp³-hybridized carbons (Fsp3) is 0.257. The molecule has 0 saturated heterocycles. The molecule has 0 fully saturated rings. The van der Waals surface area contributed by atoms with Gasteiger partial charge in [-0.15, -0.1) is 0 Å². The van der Waals surface area contributed by atoms with Gasteiger partial charge in [-0.2, -0.15) is 5.10 Å². The maximum atomic E-state index is 12.8. The van der Waals surface area contributed by atoms with Crippen molar-refractivity contribution in [3.8, 4) is 39.3 Å². The second-order valence-electron chi connectivity index (χ2n) is 11.9. The molecule has 2 aromatic heterocycles. The lowest BCUT2D eigenvalue weighted by molar-refractivity contribution is -0.160. The lowest BCUT2D eigenvalue weighted by Gasteiger charge is -2.29. The van der Waals surface area contributed by atoms with Gasteiger partial charge in [-0.3, -0.25) is 0 Å². The first-order chi connectivity index (χ1) is 20.5. The molecule has 1 aliphatic rings. The summed E-state index contributed by atoms with van der Waals surface area (Å²) in [4.78, 5) is 12.8. The maximum absolute atomic E-state index is 12.8. The molecular formula is C35H34ClN3O4. The van der Waals surface area contributed by atoms with E-state index in [-0.39, 0.29) is 0 Å². The molecule has 6 rings (SSSR count). The first kappa shape index (κ1) is 28.8. The highest BCUT2D eigenvalue weighted by molar-refractivity contribution is 6.36. The van der Waals surface area contributed by atoms with Crippen LogP contribution in [0.3, 0.4) is 0 Å². The molecule has 5 aromatic rings. The molecule has 0 aliphatic carbocycles. The third kappa shape index (κ3) is 5.46. The normalized spacial score (nSPS) is 13.7. The standard InChI is InChI=1S/C35H34ClN3O4/c1-20-9-6-7-12-24(20)22-10-8-11-23(17-22)26-18-27-30(25-13-14-28-32(31(25)36)37-15-16-42-28)29(21(2)19-39(27)38-26)33(34(40)41)43-35(3,4)5/h6-14,17-19,33,37H,15-16H2,1-5H3,(H,40,41)/t33-/m0/s1. The summed E-state index contributed by atoms with van der Waals surface area (Å²) in [5, 5.41) is 19.2. The van der Waals surface area contributed by atoms with E-state index in [0.717, 1.165) is 33.5 Å². The van der Waals surface area contributed by atoms with E-state index < -0.39 is 17.7 Å². The molecule has 0 bridgehead atoms. The number of halogens is 1. The predicted octanol–water partition coefficient (Wildman–Crippen LogP) is 8.35. The summed E-state index contributed by atoms with van der Waals surface area (Å²) in [5.41, 5.74) is 8.43. The van der Waals surface area contributed by atoms with Gasteiger partial charge in [-0.25, -0.2) is 9.31 Å². The highest BCUT2D eigenvalue weighted by Crippen LogP contribution is 2.46. The highest BCUT2D eigenvalue weighted by atomic mass is 35.5. The highest BCUT2D eigenvalue weighted by Gasteiger charge is 2.33. The molecule has 0 spiro atoms. The van der Waals surface area contributed by atoms with Crippen LogP contribution >= 0.6 is 11.6 Å². The second-order valence-corrected chi connectivity index (χ2v) is 12.3. The van der Waals surface area contributed by atoms with Gasteiger partial charge >= 0.3 is 5.97 Å². The summed E-state index contributed by atoms with van der Waals surface area (Å²) in [6.07, 6.45) is 0.623. The van der Waals surface area contributed by atoms with E-state index in [9.17, 15) is 9.90 Å². The Morgan fingerprint density at radius 1 is 1.02 bits per heavy atom. The van der Waals surface area contributed by atoms with Crippen LogP contribution in [0.1, 0.15) is 43.6 Å². The average molecular weight is 596 g/mol. The van der Waals surface area contributed by atoms with Crippen molar-refractivity contribution in [3.05, 3.63) is 94.6 Å². The van der Waals surface area contributed by atoms with Gasteiger partial charge in [0.1, 0.15) is 12.4 Å². The third-order valence-corrected chi connectivity index (χ3v) is 8.00. The SMILES string of the molecule is Cc1ccccc1-c1cccc(-c2cc3c(-c4ccc5c(c4Cl)NCCO5)c([C@H](OC(C)(C)C)C(=O)O)c(C)cn3n2)c1. The molecule has 43 heavy (non-hydrogen) atoms. The molecule has 0 unspecified atom stereocenters. The number of hydrogen-bond acceptors (Lipinski definition) is 5. The molecule has 220 valence electrons. The number of aliphatic carboxylic acids is 1. The summed E-state index contributed by atoms with van der Waals surface area (Å²) in [6.45, 7) is 10.7.